The molecular formula is C24H36N6O4. The minimum absolute atomic E-state index is 0.233. The Morgan fingerprint density at radius 2 is 1.82 bits per heavy atom. The molecule has 0 spiro atoms. The molecule has 1 aromatic heterocycles. The Morgan fingerprint density at radius 1 is 1.15 bits per heavy atom. The molecule has 2 aromatic rings. The average molecular weight is 473 g/mol. The topological polar surface area (TPSA) is 103 Å². The van der Waals surface area contributed by atoms with Gasteiger partial charge in [0.2, 0.25) is 5.95 Å². The van der Waals surface area contributed by atoms with Gasteiger partial charge in [-0.15, -0.1) is 0 Å². The minimum Gasteiger partial charge on any atom is -0.491 e. The molecule has 1 aliphatic heterocycles. The van der Waals surface area contributed by atoms with Gasteiger partial charge in [-0.25, -0.2) is 9.78 Å². The van der Waals surface area contributed by atoms with Crippen LogP contribution >= 0.6 is 0 Å². The van der Waals surface area contributed by atoms with Crippen molar-refractivity contribution in [1.82, 2.24) is 19.8 Å². The van der Waals surface area contributed by atoms with Crippen LogP contribution in [0.15, 0.2) is 36.5 Å². The van der Waals surface area contributed by atoms with Gasteiger partial charge in [-0.05, 0) is 65.2 Å². The van der Waals surface area contributed by atoms with E-state index in [0.717, 1.165) is 11.5 Å². The number of piperazine rings is 1. The molecule has 1 unspecified atom stereocenters. The number of benzene rings is 1. The molecule has 0 radical (unpaired) electrons. The molecular weight excluding hydrogens is 436 g/mol. The summed E-state index contributed by atoms with van der Waals surface area (Å²) < 4.78 is 11.1. The number of rotatable bonds is 8. The van der Waals surface area contributed by atoms with Crippen molar-refractivity contribution in [2.75, 3.05) is 63.6 Å². The summed E-state index contributed by atoms with van der Waals surface area (Å²) in [4.78, 5) is 27.0. The third-order valence-electron chi connectivity index (χ3n) is 5.02. The molecule has 0 saturated carbocycles. The van der Waals surface area contributed by atoms with Gasteiger partial charge in [-0.1, -0.05) is 0 Å². The van der Waals surface area contributed by atoms with Crippen LogP contribution in [0.2, 0.25) is 0 Å². The number of hydrogen-bond acceptors (Lipinski definition) is 9. The van der Waals surface area contributed by atoms with E-state index >= 15 is 0 Å². The number of hydrogen-bond donors (Lipinski definition) is 2. The standard InChI is InChI=1S/C24H36N6O4/c1-24(2,3)34-23(32)30-14-12-29(13-15-30)21-10-11-25-22(27-21)26-18-6-8-20(9-7-18)33-17-19(31)16-28(4)5/h6-11,19,31H,12-17H2,1-5H3,(H,25,26,27). The first-order chi connectivity index (χ1) is 16.1. The van der Waals surface area contributed by atoms with Crippen molar-refractivity contribution in [2.45, 2.75) is 32.5 Å². The molecule has 34 heavy (non-hydrogen) atoms. The highest BCUT2D eigenvalue weighted by Crippen LogP contribution is 2.21. The Hall–Kier alpha value is -3.11. The van der Waals surface area contributed by atoms with Crippen LogP contribution in [0.25, 0.3) is 0 Å². The number of anilines is 3. The molecule has 1 atom stereocenters. The highest BCUT2D eigenvalue weighted by molar-refractivity contribution is 5.68. The molecule has 1 aromatic carbocycles. The van der Waals surface area contributed by atoms with Gasteiger partial charge in [0.05, 0.1) is 0 Å². The zero-order valence-corrected chi connectivity index (χ0v) is 20.7. The second-order valence-corrected chi connectivity index (χ2v) is 9.57. The molecule has 10 heteroatoms. The van der Waals surface area contributed by atoms with E-state index in [9.17, 15) is 9.90 Å². The van der Waals surface area contributed by atoms with Crippen molar-refractivity contribution in [3.63, 3.8) is 0 Å². The molecule has 2 heterocycles. The monoisotopic (exact) mass is 472 g/mol. The zero-order chi connectivity index (χ0) is 24.7. The van der Waals surface area contributed by atoms with Crippen LogP contribution in [-0.2, 0) is 4.74 Å². The number of carbonyl (C=O) groups is 1. The predicted octanol–water partition coefficient (Wildman–Crippen LogP) is 2.58. The third-order valence-corrected chi connectivity index (χ3v) is 5.02. The highest BCUT2D eigenvalue weighted by Gasteiger charge is 2.26. The summed E-state index contributed by atoms with van der Waals surface area (Å²) in [6.45, 7) is 8.87. The third kappa shape index (κ3) is 8.03. The number of aliphatic hydroxyl groups is 1. The first-order valence-electron chi connectivity index (χ1n) is 11.5. The van der Waals surface area contributed by atoms with E-state index in [1.165, 1.54) is 0 Å². The Balaban J connectivity index is 1.51. The lowest BCUT2D eigenvalue weighted by atomic mass is 10.2. The number of nitrogens with zero attached hydrogens (tertiary/aromatic N) is 5. The first-order valence-corrected chi connectivity index (χ1v) is 11.5. The van der Waals surface area contributed by atoms with Crippen molar-refractivity contribution >= 4 is 23.5 Å². The van der Waals surface area contributed by atoms with E-state index in [1.54, 1.807) is 11.1 Å². The van der Waals surface area contributed by atoms with Gasteiger partial charge in [-0.2, -0.15) is 4.98 Å². The van der Waals surface area contributed by atoms with Crippen LogP contribution in [0, 0.1) is 0 Å². The van der Waals surface area contributed by atoms with Gasteiger partial charge < -0.3 is 34.6 Å². The van der Waals surface area contributed by atoms with Crippen LogP contribution in [0.3, 0.4) is 0 Å². The SMILES string of the molecule is CN(C)CC(O)COc1ccc(Nc2nccc(N3CCN(C(=O)OC(C)(C)C)CC3)n2)cc1. The molecule has 1 aliphatic rings. The number of carbonyl (C=O) groups excluding carboxylic acids is 1. The smallest absolute Gasteiger partial charge is 0.410 e. The van der Waals surface area contributed by atoms with Crippen molar-refractivity contribution in [3.05, 3.63) is 36.5 Å². The van der Waals surface area contributed by atoms with Crippen molar-refractivity contribution in [2.24, 2.45) is 0 Å². The van der Waals surface area contributed by atoms with Crippen molar-refractivity contribution in [3.8, 4) is 5.75 Å². The quantitative estimate of drug-likeness (QED) is 0.600. The fourth-order valence-corrected chi connectivity index (χ4v) is 3.46. The summed E-state index contributed by atoms with van der Waals surface area (Å²) in [6.07, 6.45) is 0.890. The van der Waals surface area contributed by atoms with E-state index in [2.05, 4.69) is 20.2 Å². The average Bonchev–Trinajstić information content (AvgIpc) is 2.77. The van der Waals surface area contributed by atoms with E-state index in [-0.39, 0.29) is 12.7 Å². The normalized spacial score (nSPS) is 15.3. The van der Waals surface area contributed by atoms with Crippen LogP contribution in [0.4, 0.5) is 22.2 Å². The largest absolute Gasteiger partial charge is 0.491 e. The number of ether oxygens (including phenoxy) is 2. The van der Waals surface area contributed by atoms with Gasteiger partial charge in [0.15, 0.2) is 0 Å². The maximum Gasteiger partial charge on any atom is 0.410 e. The summed E-state index contributed by atoms with van der Waals surface area (Å²) in [5.41, 5.74) is 0.326. The molecule has 2 N–H and O–H groups in total. The summed E-state index contributed by atoms with van der Waals surface area (Å²) in [5, 5.41) is 13.1. The van der Waals surface area contributed by atoms with Crippen molar-refractivity contribution < 1.29 is 19.4 Å². The summed E-state index contributed by atoms with van der Waals surface area (Å²) >= 11 is 0. The number of nitrogens with one attached hydrogen (secondary N) is 1. The van der Waals surface area contributed by atoms with E-state index < -0.39 is 11.7 Å². The predicted molar refractivity (Wildman–Crippen MR) is 132 cm³/mol. The van der Waals surface area contributed by atoms with Gasteiger partial charge in [0, 0.05) is 44.6 Å². The number of likely N-dealkylation sites (N-methyl/N-ethyl adjacent to an activating group) is 1. The summed E-state index contributed by atoms with van der Waals surface area (Å²) in [6, 6.07) is 9.30. The van der Waals surface area contributed by atoms with Gasteiger partial charge in [0.1, 0.15) is 29.9 Å². The van der Waals surface area contributed by atoms with Crippen molar-refractivity contribution in [1.29, 1.82) is 0 Å². The molecule has 1 fully saturated rings. The van der Waals surface area contributed by atoms with Crippen LogP contribution in [0.5, 0.6) is 5.75 Å². The fraction of sp³-hybridized carbons (Fsp3) is 0.542. The van der Waals surface area contributed by atoms with Crippen LogP contribution in [0.1, 0.15) is 20.8 Å². The molecule has 0 bridgehead atoms. The lowest BCUT2D eigenvalue weighted by molar-refractivity contribution is 0.0240. The number of aliphatic hydroxyl groups excluding tert-OH is 1. The maximum absolute atomic E-state index is 12.3. The Labute approximate surface area is 201 Å². The molecule has 186 valence electrons. The minimum atomic E-state index is -0.546. The van der Waals surface area contributed by atoms with E-state index in [1.807, 2.05) is 70.1 Å². The number of aromatic nitrogens is 2. The lowest BCUT2D eigenvalue weighted by Crippen LogP contribution is -2.50. The van der Waals surface area contributed by atoms with E-state index in [4.69, 9.17) is 9.47 Å². The second kappa shape index (κ2) is 11.3. The zero-order valence-electron chi connectivity index (χ0n) is 20.7. The molecule has 0 aliphatic carbocycles. The maximum atomic E-state index is 12.3. The molecule has 1 saturated heterocycles. The lowest BCUT2D eigenvalue weighted by Gasteiger charge is -2.36. The van der Waals surface area contributed by atoms with Gasteiger partial charge in [-0.3, -0.25) is 0 Å². The Kier molecular flexibility index (Phi) is 8.51. The Bertz CT molecular complexity index is 924. The summed E-state index contributed by atoms with van der Waals surface area (Å²) in [5.74, 6) is 1.97. The second-order valence-electron chi connectivity index (χ2n) is 9.57. The van der Waals surface area contributed by atoms with E-state index in [0.29, 0.717) is 44.4 Å². The highest BCUT2D eigenvalue weighted by atomic mass is 16.6. The summed E-state index contributed by atoms with van der Waals surface area (Å²) in [7, 11) is 3.81. The number of amides is 1. The van der Waals surface area contributed by atoms with Gasteiger partial charge >= 0.3 is 6.09 Å². The Morgan fingerprint density at radius 3 is 2.44 bits per heavy atom. The van der Waals surface area contributed by atoms with Gasteiger partial charge in [0.25, 0.3) is 0 Å². The van der Waals surface area contributed by atoms with Crippen LogP contribution < -0.4 is 15.0 Å². The molecule has 1 amide bonds. The van der Waals surface area contributed by atoms with Crippen LogP contribution in [-0.4, -0.2) is 96.1 Å². The fourth-order valence-electron chi connectivity index (χ4n) is 3.46. The molecule has 3 rings (SSSR count). The molecule has 10 nitrogen and oxygen atoms in total. The first kappa shape index (κ1) is 25.5.